The normalized spacial score (nSPS) is 14.5. The molecule has 5 nitrogen and oxygen atoms in total. The largest absolute Gasteiger partial charge is 0.488 e. The van der Waals surface area contributed by atoms with E-state index in [1.54, 1.807) is 36.4 Å². The average Bonchev–Trinajstić information content (AvgIpc) is 3.24. The van der Waals surface area contributed by atoms with Crippen LogP contribution in [0.5, 0.6) is 5.75 Å². The van der Waals surface area contributed by atoms with E-state index in [9.17, 15) is 13.2 Å². The van der Waals surface area contributed by atoms with Crippen molar-refractivity contribution in [1.29, 1.82) is 0 Å². The minimum Gasteiger partial charge on any atom is -0.488 e. The first kappa shape index (κ1) is 21.4. The van der Waals surface area contributed by atoms with Crippen LogP contribution in [0.15, 0.2) is 59.2 Å². The lowest BCUT2D eigenvalue weighted by Crippen LogP contribution is -2.14. The van der Waals surface area contributed by atoms with Crippen LogP contribution in [-0.2, 0) is 6.18 Å². The molecule has 31 heavy (non-hydrogen) atoms. The molecule has 0 unspecified atom stereocenters. The van der Waals surface area contributed by atoms with Gasteiger partial charge in [0.25, 0.3) is 0 Å². The van der Waals surface area contributed by atoms with Crippen LogP contribution in [0.25, 0.3) is 0 Å². The van der Waals surface area contributed by atoms with Gasteiger partial charge in [0, 0.05) is 16.4 Å². The van der Waals surface area contributed by atoms with Gasteiger partial charge in [-0.2, -0.15) is 18.2 Å². The summed E-state index contributed by atoms with van der Waals surface area (Å²) in [5.74, 6) is 0.208. The zero-order valence-corrected chi connectivity index (χ0v) is 18.0. The van der Waals surface area contributed by atoms with Gasteiger partial charge in [0.05, 0.1) is 11.8 Å². The molecule has 0 amide bonds. The third-order valence-electron chi connectivity index (χ3n) is 4.93. The highest BCUT2D eigenvalue weighted by Gasteiger charge is 2.35. The van der Waals surface area contributed by atoms with Crippen molar-refractivity contribution in [2.75, 3.05) is 10.6 Å². The lowest BCUT2D eigenvalue weighted by atomic mass is 10.2. The predicted molar refractivity (Wildman–Crippen MR) is 117 cm³/mol. The zero-order chi connectivity index (χ0) is 21.8. The third kappa shape index (κ3) is 5.46. The van der Waals surface area contributed by atoms with Crippen molar-refractivity contribution in [3.05, 3.63) is 64.8 Å². The van der Waals surface area contributed by atoms with Crippen LogP contribution >= 0.6 is 15.9 Å². The number of anilines is 4. The van der Waals surface area contributed by atoms with Crippen LogP contribution in [0, 0.1) is 0 Å². The van der Waals surface area contributed by atoms with Crippen LogP contribution in [-0.4, -0.2) is 16.1 Å². The first-order chi connectivity index (χ1) is 14.9. The molecule has 1 aliphatic rings. The number of hydrogen-bond donors (Lipinski definition) is 2. The van der Waals surface area contributed by atoms with Gasteiger partial charge in [0.1, 0.15) is 17.1 Å². The maximum Gasteiger partial charge on any atom is 0.421 e. The van der Waals surface area contributed by atoms with Crippen LogP contribution in [0.4, 0.5) is 36.3 Å². The number of aromatic nitrogens is 2. The van der Waals surface area contributed by atoms with Crippen LogP contribution in [0.1, 0.15) is 31.2 Å². The molecule has 0 aliphatic heterocycles. The minimum absolute atomic E-state index is 0.0482. The summed E-state index contributed by atoms with van der Waals surface area (Å²) in [5.41, 5.74) is 0.122. The molecule has 1 heterocycles. The molecule has 162 valence electrons. The summed E-state index contributed by atoms with van der Waals surface area (Å²) in [7, 11) is 0. The van der Waals surface area contributed by atoms with E-state index in [4.69, 9.17) is 4.74 Å². The number of hydrogen-bond acceptors (Lipinski definition) is 5. The van der Waals surface area contributed by atoms with Crippen molar-refractivity contribution >= 4 is 39.1 Å². The Morgan fingerprint density at radius 2 is 1.68 bits per heavy atom. The van der Waals surface area contributed by atoms with Crippen LogP contribution in [0.3, 0.4) is 0 Å². The number of para-hydroxylation sites is 2. The van der Waals surface area contributed by atoms with Gasteiger partial charge in [-0.1, -0.05) is 28.1 Å². The summed E-state index contributed by atoms with van der Waals surface area (Å²) in [6, 6.07) is 14.1. The summed E-state index contributed by atoms with van der Waals surface area (Å²) >= 11 is 3.34. The highest BCUT2D eigenvalue weighted by molar-refractivity contribution is 9.10. The molecule has 9 heteroatoms. The zero-order valence-electron chi connectivity index (χ0n) is 16.4. The summed E-state index contributed by atoms with van der Waals surface area (Å²) in [5, 5.41) is 5.74. The van der Waals surface area contributed by atoms with Gasteiger partial charge in [-0.15, -0.1) is 0 Å². The van der Waals surface area contributed by atoms with Gasteiger partial charge in [-0.05, 0) is 62.1 Å². The molecule has 3 aromatic rings. The Bertz CT molecular complexity index is 1040. The molecular formula is C22H20BrF3N4O. The molecule has 2 aromatic carbocycles. The molecule has 2 N–H and O–H groups in total. The van der Waals surface area contributed by atoms with E-state index in [0.717, 1.165) is 36.4 Å². The molecule has 0 radical (unpaired) electrons. The second-order valence-corrected chi connectivity index (χ2v) is 8.15. The molecule has 1 aliphatic carbocycles. The first-order valence-corrected chi connectivity index (χ1v) is 10.7. The number of nitrogens with one attached hydrogen (secondary N) is 2. The van der Waals surface area contributed by atoms with E-state index in [1.165, 1.54) is 0 Å². The van der Waals surface area contributed by atoms with Gasteiger partial charge in [0.2, 0.25) is 5.95 Å². The van der Waals surface area contributed by atoms with E-state index >= 15 is 0 Å². The molecule has 0 bridgehead atoms. The number of halogens is 4. The molecule has 0 saturated heterocycles. The summed E-state index contributed by atoms with van der Waals surface area (Å²) in [4.78, 5) is 7.95. The fourth-order valence-electron chi connectivity index (χ4n) is 3.39. The molecule has 0 atom stereocenters. The summed E-state index contributed by atoms with van der Waals surface area (Å²) < 4.78 is 47.7. The minimum atomic E-state index is -4.61. The second kappa shape index (κ2) is 9.13. The molecule has 4 rings (SSSR count). The fraction of sp³-hybridized carbons (Fsp3) is 0.273. The Labute approximate surface area is 186 Å². The van der Waals surface area contributed by atoms with Gasteiger partial charge in [-0.25, -0.2) is 4.98 Å². The molecule has 1 fully saturated rings. The average molecular weight is 493 g/mol. The maximum absolute atomic E-state index is 13.6. The lowest BCUT2D eigenvalue weighted by Gasteiger charge is -2.19. The Balaban J connectivity index is 1.63. The monoisotopic (exact) mass is 492 g/mol. The first-order valence-electron chi connectivity index (χ1n) is 9.88. The molecular weight excluding hydrogens is 473 g/mol. The van der Waals surface area contributed by atoms with Gasteiger partial charge < -0.3 is 15.4 Å². The quantitative estimate of drug-likeness (QED) is 0.385. The topological polar surface area (TPSA) is 59.1 Å². The summed E-state index contributed by atoms with van der Waals surface area (Å²) in [6.45, 7) is 0. The number of rotatable bonds is 6. The van der Waals surface area contributed by atoms with Gasteiger partial charge in [0.15, 0.2) is 0 Å². The third-order valence-corrected chi connectivity index (χ3v) is 5.46. The number of alkyl halides is 3. The smallest absolute Gasteiger partial charge is 0.421 e. The number of benzene rings is 2. The maximum atomic E-state index is 13.6. The highest BCUT2D eigenvalue weighted by Crippen LogP contribution is 2.38. The van der Waals surface area contributed by atoms with E-state index in [1.807, 2.05) is 12.1 Å². The number of nitrogens with zero attached hydrogens (tertiary/aromatic N) is 2. The highest BCUT2D eigenvalue weighted by atomic mass is 79.9. The molecule has 0 spiro atoms. The summed E-state index contributed by atoms with van der Waals surface area (Å²) in [6.07, 6.45) is 0.306. The Hall–Kier alpha value is -2.81. The molecule has 1 saturated carbocycles. The van der Waals surface area contributed by atoms with Crippen molar-refractivity contribution in [2.45, 2.75) is 38.0 Å². The van der Waals surface area contributed by atoms with Crippen molar-refractivity contribution in [2.24, 2.45) is 0 Å². The standard InChI is InChI=1S/C22H20BrF3N4O/c23-14-9-11-15(12-10-14)28-21-27-13-17(22(24,25)26)20(30-21)29-18-7-3-4-8-19(18)31-16-5-1-2-6-16/h3-4,7-13,16H,1-2,5-6H2,(H2,27,28,29,30). The van der Waals surface area contributed by atoms with E-state index in [-0.39, 0.29) is 17.9 Å². The van der Waals surface area contributed by atoms with Gasteiger partial charge in [-0.3, -0.25) is 0 Å². The molecule has 1 aromatic heterocycles. The Kier molecular flexibility index (Phi) is 6.31. The van der Waals surface area contributed by atoms with E-state index < -0.39 is 11.7 Å². The van der Waals surface area contributed by atoms with Crippen molar-refractivity contribution in [1.82, 2.24) is 9.97 Å². The van der Waals surface area contributed by atoms with Crippen molar-refractivity contribution in [3.63, 3.8) is 0 Å². The Morgan fingerprint density at radius 1 is 0.968 bits per heavy atom. The predicted octanol–water partition coefficient (Wildman–Crippen LogP) is 7.07. The lowest BCUT2D eigenvalue weighted by molar-refractivity contribution is -0.137. The van der Waals surface area contributed by atoms with Crippen LogP contribution in [0.2, 0.25) is 0 Å². The van der Waals surface area contributed by atoms with Crippen molar-refractivity contribution < 1.29 is 17.9 Å². The van der Waals surface area contributed by atoms with Crippen LogP contribution < -0.4 is 15.4 Å². The SMILES string of the molecule is FC(F)(F)c1cnc(Nc2ccc(Br)cc2)nc1Nc1ccccc1OC1CCCC1. The fourth-order valence-corrected chi connectivity index (χ4v) is 3.66. The number of ether oxygens (including phenoxy) is 1. The van der Waals surface area contributed by atoms with Gasteiger partial charge >= 0.3 is 6.18 Å². The van der Waals surface area contributed by atoms with E-state index in [2.05, 4.69) is 36.5 Å². The van der Waals surface area contributed by atoms with Crippen molar-refractivity contribution in [3.8, 4) is 5.75 Å². The second-order valence-electron chi connectivity index (χ2n) is 7.23. The Morgan fingerprint density at radius 3 is 2.39 bits per heavy atom. The van der Waals surface area contributed by atoms with E-state index in [0.29, 0.717) is 17.1 Å².